The number of alkyl halides is 3. The first kappa shape index (κ1) is 20.1. The molecule has 0 heterocycles. The van der Waals surface area contributed by atoms with Crippen LogP contribution >= 0.6 is 12.4 Å². The topological polar surface area (TPSA) is 30.5 Å². The van der Waals surface area contributed by atoms with E-state index in [4.69, 9.17) is 4.74 Å². The summed E-state index contributed by atoms with van der Waals surface area (Å²) in [5.41, 5.74) is 1.60. The third-order valence-corrected chi connectivity index (χ3v) is 3.00. The summed E-state index contributed by atoms with van der Waals surface area (Å²) >= 11 is 0. The predicted molar refractivity (Wildman–Crippen MR) is 88.5 cm³/mol. The number of nitrogens with one attached hydrogen (secondary N) is 1. The first-order valence-electron chi connectivity index (χ1n) is 7.23. The Hall–Kier alpha value is -1.92. The van der Waals surface area contributed by atoms with E-state index in [1.807, 2.05) is 37.3 Å². The van der Waals surface area contributed by atoms with E-state index in [0.717, 1.165) is 5.56 Å². The molecule has 0 amide bonds. The lowest BCUT2D eigenvalue weighted by Gasteiger charge is -2.14. The van der Waals surface area contributed by atoms with Crippen LogP contribution in [0.1, 0.15) is 18.1 Å². The van der Waals surface area contributed by atoms with Crippen molar-refractivity contribution in [3.05, 3.63) is 59.7 Å². The highest BCUT2D eigenvalue weighted by Gasteiger charge is 2.31. The van der Waals surface area contributed by atoms with Gasteiger partial charge in [0.2, 0.25) is 0 Å². The first-order valence-corrected chi connectivity index (χ1v) is 7.23. The zero-order valence-electron chi connectivity index (χ0n) is 13.1. The Morgan fingerprint density at radius 2 is 1.62 bits per heavy atom. The summed E-state index contributed by atoms with van der Waals surface area (Å²) in [7, 11) is 0. The van der Waals surface area contributed by atoms with Crippen molar-refractivity contribution in [3.63, 3.8) is 0 Å². The van der Waals surface area contributed by atoms with Gasteiger partial charge in [-0.25, -0.2) is 0 Å². The van der Waals surface area contributed by atoms with Crippen molar-refractivity contribution in [2.75, 3.05) is 6.54 Å². The van der Waals surface area contributed by atoms with Crippen LogP contribution in [0.5, 0.6) is 11.5 Å². The molecular weight excluding hydrogens is 343 g/mol. The molecular formula is C17H19ClF3NO2. The fourth-order valence-corrected chi connectivity index (χ4v) is 2.02. The van der Waals surface area contributed by atoms with Crippen molar-refractivity contribution < 1.29 is 22.6 Å². The Labute approximate surface area is 145 Å². The Kier molecular flexibility index (Phi) is 7.88. The Morgan fingerprint density at radius 3 is 2.25 bits per heavy atom. The number of benzene rings is 2. The highest BCUT2D eigenvalue weighted by molar-refractivity contribution is 5.85. The molecule has 0 bridgehead atoms. The molecule has 0 atom stereocenters. The van der Waals surface area contributed by atoms with Crippen LogP contribution < -0.4 is 14.8 Å². The van der Waals surface area contributed by atoms with E-state index >= 15 is 0 Å². The standard InChI is InChI=1S/C17H18F3NO2.ClH/c1-2-21-11-14-8-15(10-16(9-14)23-17(18,19)20)22-12-13-6-4-3-5-7-13;/h3-10,21H,2,11-12H2,1H3;1H. The van der Waals surface area contributed by atoms with Crippen LogP contribution in [0.2, 0.25) is 0 Å². The molecule has 3 nitrogen and oxygen atoms in total. The molecule has 0 unspecified atom stereocenters. The van der Waals surface area contributed by atoms with E-state index in [9.17, 15) is 13.2 Å². The lowest BCUT2D eigenvalue weighted by atomic mass is 10.2. The maximum Gasteiger partial charge on any atom is 0.573 e. The van der Waals surface area contributed by atoms with Crippen LogP contribution in [0.25, 0.3) is 0 Å². The molecule has 0 aliphatic heterocycles. The molecule has 0 radical (unpaired) electrons. The van der Waals surface area contributed by atoms with Crippen LogP contribution in [0.4, 0.5) is 13.2 Å². The van der Waals surface area contributed by atoms with Crippen molar-refractivity contribution in [2.45, 2.75) is 26.4 Å². The molecule has 2 aromatic carbocycles. The molecule has 0 aliphatic rings. The normalized spacial score (nSPS) is 10.8. The quantitative estimate of drug-likeness (QED) is 0.775. The monoisotopic (exact) mass is 361 g/mol. The van der Waals surface area contributed by atoms with Crippen LogP contribution in [0.15, 0.2) is 48.5 Å². The minimum Gasteiger partial charge on any atom is -0.489 e. The van der Waals surface area contributed by atoms with Gasteiger partial charge in [-0.3, -0.25) is 0 Å². The van der Waals surface area contributed by atoms with Gasteiger partial charge < -0.3 is 14.8 Å². The van der Waals surface area contributed by atoms with Gasteiger partial charge in [-0.2, -0.15) is 0 Å². The van der Waals surface area contributed by atoms with E-state index in [0.29, 0.717) is 24.4 Å². The number of ether oxygens (including phenoxy) is 2. The van der Waals surface area contributed by atoms with E-state index in [1.54, 1.807) is 6.07 Å². The third kappa shape index (κ3) is 7.10. The zero-order chi connectivity index (χ0) is 16.7. The molecule has 1 N–H and O–H groups in total. The maximum atomic E-state index is 12.4. The van der Waals surface area contributed by atoms with Crippen LogP contribution in [-0.4, -0.2) is 12.9 Å². The van der Waals surface area contributed by atoms with Gasteiger partial charge in [0.15, 0.2) is 0 Å². The summed E-state index contributed by atoms with van der Waals surface area (Å²) < 4.78 is 46.9. The van der Waals surface area contributed by atoms with Gasteiger partial charge in [-0.1, -0.05) is 37.3 Å². The average Bonchev–Trinajstić information content (AvgIpc) is 2.50. The Bertz CT molecular complexity index is 621. The molecule has 0 spiro atoms. The Balaban J connectivity index is 0.00000288. The predicted octanol–water partition coefficient (Wildman–Crippen LogP) is 4.70. The van der Waals surface area contributed by atoms with Crippen molar-refractivity contribution >= 4 is 12.4 Å². The molecule has 0 aliphatic carbocycles. The SMILES string of the molecule is CCNCc1cc(OCc2ccccc2)cc(OC(F)(F)F)c1.Cl. The number of hydrogen-bond donors (Lipinski definition) is 1. The average molecular weight is 362 g/mol. The largest absolute Gasteiger partial charge is 0.573 e. The third-order valence-electron chi connectivity index (χ3n) is 3.00. The molecule has 7 heteroatoms. The zero-order valence-corrected chi connectivity index (χ0v) is 13.9. The van der Waals surface area contributed by atoms with Crippen molar-refractivity contribution in [1.29, 1.82) is 0 Å². The van der Waals surface area contributed by atoms with Gasteiger partial charge >= 0.3 is 6.36 Å². The van der Waals surface area contributed by atoms with Crippen molar-refractivity contribution in [1.82, 2.24) is 5.32 Å². The summed E-state index contributed by atoms with van der Waals surface area (Å²) in [5.74, 6) is 0.0551. The molecule has 0 saturated carbocycles. The number of halogens is 4. The lowest BCUT2D eigenvalue weighted by Crippen LogP contribution is -2.18. The first-order chi connectivity index (χ1) is 11.0. The second-order valence-corrected chi connectivity index (χ2v) is 4.92. The second kappa shape index (κ2) is 9.39. The van der Waals surface area contributed by atoms with Crippen molar-refractivity contribution in [2.24, 2.45) is 0 Å². The summed E-state index contributed by atoms with van der Waals surface area (Å²) in [6.45, 7) is 3.34. The van der Waals surface area contributed by atoms with Crippen LogP contribution in [-0.2, 0) is 13.2 Å². The van der Waals surface area contributed by atoms with Gasteiger partial charge in [0.1, 0.15) is 18.1 Å². The highest BCUT2D eigenvalue weighted by atomic mass is 35.5. The molecule has 132 valence electrons. The molecule has 2 aromatic rings. The van der Waals surface area contributed by atoms with Gasteiger partial charge in [0, 0.05) is 12.6 Å². The van der Waals surface area contributed by atoms with Crippen LogP contribution in [0.3, 0.4) is 0 Å². The van der Waals surface area contributed by atoms with E-state index < -0.39 is 6.36 Å². The summed E-state index contributed by atoms with van der Waals surface area (Å²) in [4.78, 5) is 0. The van der Waals surface area contributed by atoms with Gasteiger partial charge in [0.25, 0.3) is 0 Å². The molecule has 0 fully saturated rings. The van der Waals surface area contributed by atoms with E-state index in [-0.39, 0.29) is 24.8 Å². The second-order valence-electron chi connectivity index (χ2n) is 4.92. The maximum absolute atomic E-state index is 12.4. The van der Waals surface area contributed by atoms with E-state index in [1.165, 1.54) is 12.1 Å². The fraction of sp³-hybridized carbons (Fsp3) is 0.294. The Morgan fingerprint density at radius 1 is 0.958 bits per heavy atom. The van der Waals surface area contributed by atoms with E-state index in [2.05, 4.69) is 10.1 Å². The summed E-state index contributed by atoms with van der Waals surface area (Å²) in [5, 5.41) is 3.06. The molecule has 24 heavy (non-hydrogen) atoms. The smallest absolute Gasteiger partial charge is 0.489 e. The van der Waals surface area contributed by atoms with Gasteiger partial charge in [0.05, 0.1) is 0 Å². The summed E-state index contributed by atoms with van der Waals surface area (Å²) in [6.07, 6.45) is -4.73. The number of hydrogen-bond acceptors (Lipinski definition) is 3. The van der Waals surface area contributed by atoms with Gasteiger partial charge in [-0.15, -0.1) is 25.6 Å². The van der Waals surface area contributed by atoms with Crippen molar-refractivity contribution in [3.8, 4) is 11.5 Å². The minimum atomic E-state index is -4.73. The van der Waals surface area contributed by atoms with Crippen LogP contribution in [0, 0.1) is 0 Å². The summed E-state index contributed by atoms with van der Waals surface area (Å²) in [6, 6.07) is 13.7. The number of rotatable bonds is 7. The lowest BCUT2D eigenvalue weighted by molar-refractivity contribution is -0.274. The molecule has 0 aromatic heterocycles. The molecule has 2 rings (SSSR count). The van der Waals surface area contributed by atoms with Gasteiger partial charge in [-0.05, 0) is 29.8 Å². The highest BCUT2D eigenvalue weighted by Crippen LogP contribution is 2.28. The minimum absolute atomic E-state index is 0. The molecule has 0 saturated heterocycles. The fourth-order valence-electron chi connectivity index (χ4n) is 2.02.